The minimum atomic E-state index is -0.241. The number of ether oxygens (including phenoxy) is 4. The molecule has 0 bridgehead atoms. The summed E-state index contributed by atoms with van der Waals surface area (Å²) < 4.78 is 21.3. The van der Waals surface area contributed by atoms with Gasteiger partial charge >= 0.3 is 0 Å². The van der Waals surface area contributed by atoms with Crippen molar-refractivity contribution in [3.63, 3.8) is 0 Å². The molecule has 0 aliphatic carbocycles. The van der Waals surface area contributed by atoms with Gasteiger partial charge in [0.25, 0.3) is 0 Å². The molecule has 1 amide bonds. The van der Waals surface area contributed by atoms with E-state index in [9.17, 15) is 4.79 Å². The second-order valence-corrected chi connectivity index (χ2v) is 7.24. The van der Waals surface area contributed by atoms with Gasteiger partial charge in [-0.1, -0.05) is 30.4 Å². The van der Waals surface area contributed by atoms with Crippen molar-refractivity contribution in [2.45, 2.75) is 0 Å². The van der Waals surface area contributed by atoms with Crippen LogP contribution >= 0.6 is 0 Å². The van der Waals surface area contributed by atoms with Gasteiger partial charge in [-0.05, 0) is 59.2 Å². The van der Waals surface area contributed by atoms with Gasteiger partial charge in [0, 0.05) is 11.8 Å². The van der Waals surface area contributed by atoms with E-state index in [-0.39, 0.29) is 5.91 Å². The normalized spacial score (nSPS) is 10.9. The Balaban J connectivity index is 1.64. The quantitative estimate of drug-likeness (QED) is 0.261. The third kappa shape index (κ3) is 6.10. The van der Waals surface area contributed by atoms with Crippen LogP contribution in [0.5, 0.6) is 23.0 Å². The van der Waals surface area contributed by atoms with Gasteiger partial charge in [0.15, 0.2) is 11.5 Å². The average Bonchev–Trinajstić information content (AvgIpc) is 2.86. The smallest absolute Gasteiger partial charge is 0.248 e. The molecule has 3 N–H and O–H groups in total. The fourth-order valence-electron chi connectivity index (χ4n) is 3.28. The Labute approximate surface area is 199 Å². The van der Waals surface area contributed by atoms with Crippen LogP contribution < -0.4 is 30.0 Å². The van der Waals surface area contributed by atoms with Gasteiger partial charge in [-0.3, -0.25) is 4.79 Å². The molecule has 7 heteroatoms. The number of amides is 1. The maximum atomic E-state index is 12.3. The van der Waals surface area contributed by atoms with Crippen molar-refractivity contribution in [1.82, 2.24) is 0 Å². The van der Waals surface area contributed by atoms with E-state index in [1.54, 1.807) is 46.6 Å². The van der Waals surface area contributed by atoms with Crippen molar-refractivity contribution >= 4 is 35.5 Å². The van der Waals surface area contributed by atoms with E-state index in [2.05, 4.69) is 5.32 Å². The van der Waals surface area contributed by atoms with Gasteiger partial charge in [-0.15, -0.1) is 0 Å². The number of nitrogens with two attached hydrogens (primary N) is 1. The van der Waals surface area contributed by atoms with Crippen LogP contribution in [0.25, 0.3) is 18.2 Å². The summed E-state index contributed by atoms with van der Waals surface area (Å²) in [5.74, 6) is 2.08. The summed E-state index contributed by atoms with van der Waals surface area (Å²) in [6.07, 6.45) is 7.06. The lowest BCUT2D eigenvalue weighted by molar-refractivity contribution is -0.111. The zero-order chi connectivity index (χ0) is 24.5. The molecule has 0 saturated carbocycles. The molecular weight excluding hydrogens is 432 g/mol. The summed E-state index contributed by atoms with van der Waals surface area (Å²) in [5, 5.41) is 2.84. The Bertz CT molecular complexity index is 1180. The van der Waals surface area contributed by atoms with Crippen LogP contribution in [0.15, 0.2) is 60.7 Å². The number of nitrogen functional groups attached to an aromatic ring is 1. The summed E-state index contributed by atoms with van der Waals surface area (Å²) >= 11 is 0. The lowest BCUT2D eigenvalue weighted by atomic mass is 10.1. The SMILES string of the molecule is COc1ccc(/C=C/C(=O)Nc2ccc(C=Cc3cc(OC)c(OC)c(OC)c3)cc2)cc1N. The molecule has 34 heavy (non-hydrogen) atoms. The molecule has 0 spiro atoms. The Morgan fingerprint density at radius 3 is 1.85 bits per heavy atom. The van der Waals surface area contributed by atoms with Crippen LogP contribution in [-0.2, 0) is 4.79 Å². The number of hydrogen-bond donors (Lipinski definition) is 2. The van der Waals surface area contributed by atoms with Gasteiger partial charge in [0.05, 0.1) is 34.1 Å². The number of nitrogens with one attached hydrogen (secondary N) is 1. The minimum absolute atomic E-state index is 0.241. The first-order valence-corrected chi connectivity index (χ1v) is 10.5. The number of carbonyl (C=O) groups is 1. The summed E-state index contributed by atoms with van der Waals surface area (Å²) in [4.78, 5) is 12.3. The molecule has 0 heterocycles. The van der Waals surface area contributed by atoms with Crippen molar-refractivity contribution in [2.75, 3.05) is 39.5 Å². The molecular formula is C27H28N2O5. The Morgan fingerprint density at radius 2 is 1.29 bits per heavy atom. The number of anilines is 2. The van der Waals surface area contributed by atoms with Crippen LogP contribution in [0.4, 0.5) is 11.4 Å². The topological polar surface area (TPSA) is 92.0 Å². The standard InChI is InChI=1S/C27H28N2O5/c1-31-23-13-9-19(15-22(23)28)10-14-26(30)29-21-11-7-18(8-12-21)5-6-20-16-24(32-2)27(34-4)25(17-20)33-3/h5-17H,28H2,1-4H3,(H,29,30)/b6-5?,14-10+. The van der Waals surface area contributed by atoms with E-state index in [4.69, 9.17) is 24.7 Å². The number of benzene rings is 3. The third-order valence-corrected chi connectivity index (χ3v) is 5.01. The van der Waals surface area contributed by atoms with E-state index in [1.165, 1.54) is 6.08 Å². The second-order valence-electron chi connectivity index (χ2n) is 7.24. The number of rotatable bonds is 9. The summed E-state index contributed by atoms with van der Waals surface area (Å²) in [6, 6.07) is 16.6. The van der Waals surface area contributed by atoms with Gasteiger partial charge in [0.2, 0.25) is 11.7 Å². The van der Waals surface area contributed by atoms with Crippen LogP contribution in [0.2, 0.25) is 0 Å². The predicted molar refractivity (Wildman–Crippen MR) is 137 cm³/mol. The molecule has 0 aliphatic heterocycles. The van der Waals surface area contributed by atoms with Gasteiger partial charge in [-0.2, -0.15) is 0 Å². The number of carbonyl (C=O) groups excluding carboxylic acids is 1. The van der Waals surface area contributed by atoms with Crippen LogP contribution in [0.1, 0.15) is 16.7 Å². The zero-order valence-electron chi connectivity index (χ0n) is 19.6. The molecule has 0 radical (unpaired) electrons. The van der Waals surface area contributed by atoms with E-state index >= 15 is 0 Å². The molecule has 3 aromatic rings. The maximum absolute atomic E-state index is 12.3. The molecule has 0 unspecified atom stereocenters. The van der Waals surface area contributed by atoms with Crippen molar-refractivity contribution in [3.8, 4) is 23.0 Å². The highest BCUT2D eigenvalue weighted by Crippen LogP contribution is 2.38. The Kier molecular flexibility index (Phi) is 8.18. The fraction of sp³-hybridized carbons (Fsp3) is 0.148. The van der Waals surface area contributed by atoms with Gasteiger partial charge < -0.3 is 30.0 Å². The molecule has 3 aromatic carbocycles. The van der Waals surface area contributed by atoms with Crippen molar-refractivity contribution in [1.29, 1.82) is 0 Å². The first-order chi connectivity index (χ1) is 16.5. The average molecular weight is 461 g/mol. The Hall–Kier alpha value is -4.39. The lowest BCUT2D eigenvalue weighted by Gasteiger charge is -2.12. The monoisotopic (exact) mass is 460 g/mol. The molecule has 3 rings (SSSR count). The molecule has 176 valence electrons. The van der Waals surface area contributed by atoms with Crippen molar-refractivity contribution in [2.24, 2.45) is 0 Å². The predicted octanol–water partition coefficient (Wildman–Crippen LogP) is 5.13. The highest BCUT2D eigenvalue weighted by atomic mass is 16.5. The van der Waals surface area contributed by atoms with E-state index < -0.39 is 0 Å². The zero-order valence-corrected chi connectivity index (χ0v) is 19.6. The molecule has 0 aliphatic rings. The third-order valence-electron chi connectivity index (χ3n) is 5.01. The van der Waals surface area contributed by atoms with Crippen molar-refractivity contribution in [3.05, 3.63) is 77.4 Å². The van der Waals surface area contributed by atoms with E-state index in [0.29, 0.717) is 34.4 Å². The summed E-state index contributed by atoms with van der Waals surface area (Å²) in [7, 11) is 6.29. The van der Waals surface area contributed by atoms with Gasteiger partial charge in [-0.25, -0.2) is 0 Å². The molecule has 0 atom stereocenters. The van der Waals surface area contributed by atoms with Gasteiger partial charge in [0.1, 0.15) is 5.75 Å². The molecule has 7 nitrogen and oxygen atoms in total. The molecule has 0 fully saturated rings. The van der Waals surface area contributed by atoms with Crippen LogP contribution in [-0.4, -0.2) is 34.3 Å². The second kappa shape index (κ2) is 11.5. The first kappa shape index (κ1) is 24.3. The summed E-state index contributed by atoms with van der Waals surface area (Å²) in [5.41, 5.74) is 9.77. The van der Waals surface area contributed by atoms with Crippen LogP contribution in [0, 0.1) is 0 Å². The fourth-order valence-corrected chi connectivity index (χ4v) is 3.28. The number of methoxy groups -OCH3 is 4. The number of hydrogen-bond acceptors (Lipinski definition) is 6. The molecule has 0 aromatic heterocycles. The van der Waals surface area contributed by atoms with E-state index in [0.717, 1.165) is 16.7 Å². The largest absolute Gasteiger partial charge is 0.495 e. The summed E-state index contributed by atoms with van der Waals surface area (Å²) in [6.45, 7) is 0. The van der Waals surface area contributed by atoms with Crippen LogP contribution in [0.3, 0.4) is 0 Å². The maximum Gasteiger partial charge on any atom is 0.248 e. The minimum Gasteiger partial charge on any atom is -0.495 e. The van der Waals surface area contributed by atoms with E-state index in [1.807, 2.05) is 54.6 Å². The van der Waals surface area contributed by atoms with Crippen molar-refractivity contribution < 1.29 is 23.7 Å². The highest BCUT2D eigenvalue weighted by Gasteiger charge is 2.12. The highest BCUT2D eigenvalue weighted by molar-refractivity contribution is 6.02. The Morgan fingerprint density at radius 1 is 0.706 bits per heavy atom. The lowest BCUT2D eigenvalue weighted by Crippen LogP contribution is -2.07. The molecule has 0 saturated heterocycles. The first-order valence-electron chi connectivity index (χ1n) is 10.5.